The minimum absolute atomic E-state index is 0.0390. The lowest BCUT2D eigenvalue weighted by atomic mass is 10.0. The Morgan fingerprint density at radius 3 is 2.02 bits per heavy atom. The standard InChI is InChI=1S/C28H36N4O8P2/c1-19-16-31(17-19)11-8-20-14-29-24-5-3-7-26(28(20)24)40-42(36,37)38-18-22-10-13-32(22)12-9-21-15-30-23-4-2-6-25(27(21)23)39-41(33,34)35/h2-7,14-15,19,22,29-30H,8-13,16-18H2,1H3,(H,36,37)(H2,33,34,35). The molecule has 0 saturated carbocycles. The molecule has 2 aliphatic heterocycles. The molecule has 2 fully saturated rings. The highest BCUT2D eigenvalue weighted by atomic mass is 31.2. The summed E-state index contributed by atoms with van der Waals surface area (Å²) in [6, 6.07) is 10.3. The SMILES string of the molecule is CC1CN(CCc2c[nH]c3cccc(OP(=O)(O)OCC4CCN4CCc4c[nH]c5cccc(OP(=O)(O)O)c45)c23)C1. The Morgan fingerprint density at radius 1 is 0.881 bits per heavy atom. The molecule has 0 bridgehead atoms. The number of rotatable bonds is 13. The van der Waals surface area contributed by atoms with Crippen molar-refractivity contribution < 1.29 is 37.4 Å². The number of nitrogens with one attached hydrogen (secondary N) is 2. The van der Waals surface area contributed by atoms with E-state index in [0.717, 1.165) is 67.0 Å². The normalized spacial score (nSPS) is 20.0. The molecule has 14 heteroatoms. The van der Waals surface area contributed by atoms with E-state index in [1.165, 1.54) is 6.07 Å². The maximum Gasteiger partial charge on any atom is 0.527 e. The van der Waals surface area contributed by atoms with Crippen LogP contribution < -0.4 is 9.05 Å². The fourth-order valence-corrected chi connectivity index (χ4v) is 7.20. The van der Waals surface area contributed by atoms with Gasteiger partial charge in [0.2, 0.25) is 0 Å². The first kappa shape index (κ1) is 29.4. The van der Waals surface area contributed by atoms with Crippen molar-refractivity contribution in [1.82, 2.24) is 19.8 Å². The minimum Gasteiger partial charge on any atom is -0.404 e. The Morgan fingerprint density at radius 2 is 1.48 bits per heavy atom. The second kappa shape index (κ2) is 11.8. The van der Waals surface area contributed by atoms with E-state index < -0.39 is 15.6 Å². The van der Waals surface area contributed by atoms with E-state index in [0.29, 0.717) is 29.6 Å². The van der Waals surface area contributed by atoms with E-state index in [9.17, 15) is 23.8 Å². The van der Waals surface area contributed by atoms with Crippen LogP contribution in [0.2, 0.25) is 0 Å². The Balaban J connectivity index is 1.05. The lowest BCUT2D eigenvalue weighted by molar-refractivity contribution is 0.0419. The molecule has 2 aromatic carbocycles. The van der Waals surface area contributed by atoms with Crippen molar-refractivity contribution >= 4 is 37.5 Å². The van der Waals surface area contributed by atoms with Gasteiger partial charge in [-0.15, -0.1) is 0 Å². The highest BCUT2D eigenvalue weighted by Gasteiger charge is 2.33. The van der Waals surface area contributed by atoms with Crippen molar-refractivity contribution in [3.63, 3.8) is 0 Å². The van der Waals surface area contributed by atoms with Gasteiger partial charge in [0, 0.05) is 73.0 Å². The zero-order valence-electron chi connectivity index (χ0n) is 23.3. The average Bonchev–Trinajstić information content (AvgIpc) is 3.50. The van der Waals surface area contributed by atoms with Gasteiger partial charge in [-0.1, -0.05) is 19.1 Å². The van der Waals surface area contributed by atoms with Gasteiger partial charge in [-0.3, -0.25) is 24.1 Å². The van der Waals surface area contributed by atoms with Crippen LogP contribution >= 0.6 is 15.6 Å². The molecule has 6 rings (SSSR count). The monoisotopic (exact) mass is 618 g/mol. The maximum atomic E-state index is 13.0. The van der Waals surface area contributed by atoms with E-state index in [4.69, 9.17) is 13.6 Å². The molecule has 4 aromatic rings. The summed E-state index contributed by atoms with van der Waals surface area (Å²) in [7, 11) is -9.10. The molecular formula is C28H36N4O8P2. The molecule has 2 saturated heterocycles. The number of phosphoric ester groups is 2. The molecule has 2 aliphatic rings. The molecule has 42 heavy (non-hydrogen) atoms. The van der Waals surface area contributed by atoms with E-state index in [1.807, 2.05) is 18.3 Å². The van der Waals surface area contributed by atoms with Crippen molar-refractivity contribution in [2.75, 3.05) is 39.3 Å². The van der Waals surface area contributed by atoms with Crippen LogP contribution in [0.25, 0.3) is 21.8 Å². The van der Waals surface area contributed by atoms with Crippen molar-refractivity contribution in [2.45, 2.75) is 32.2 Å². The maximum absolute atomic E-state index is 13.0. The van der Waals surface area contributed by atoms with Crippen LogP contribution in [0.4, 0.5) is 0 Å². The molecule has 0 spiro atoms. The summed E-state index contributed by atoms with van der Waals surface area (Å²) in [4.78, 5) is 40.1. The van der Waals surface area contributed by atoms with Crippen LogP contribution in [-0.2, 0) is 26.5 Å². The second-order valence-corrected chi connectivity index (χ2v) is 13.8. The summed E-state index contributed by atoms with van der Waals surface area (Å²) in [6.07, 6.45) is 5.94. The molecule has 226 valence electrons. The zero-order chi connectivity index (χ0) is 29.5. The average molecular weight is 619 g/mol. The first-order valence-corrected chi connectivity index (χ1v) is 17.1. The van der Waals surface area contributed by atoms with Crippen molar-refractivity contribution in [2.24, 2.45) is 5.92 Å². The number of phosphoric acid groups is 2. The van der Waals surface area contributed by atoms with E-state index in [1.54, 1.807) is 24.4 Å². The van der Waals surface area contributed by atoms with Crippen LogP contribution in [0.3, 0.4) is 0 Å². The third kappa shape index (κ3) is 6.61. The predicted octanol–water partition coefficient (Wildman–Crippen LogP) is 4.43. The van der Waals surface area contributed by atoms with Gasteiger partial charge in [-0.25, -0.2) is 9.13 Å². The van der Waals surface area contributed by atoms with Gasteiger partial charge in [0.05, 0.1) is 6.61 Å². The number of hydrogen-bond donors (Lipinski definition) is 5. The van der Waals surface area contributed by atoms with Crippen molar-refractivity contribution in [1.29, 1.82) is 0 Å². The molecule has 0 amide bonds. The highest BCUT2D eigenvalue weighted by molar-refractivity contribution is 7.47. The van der Waals surface area contributed by atoms with Gasteiger partial charge in [0.15, 0.2) is 0 Å². The summed E-state index contributed by atoms with van der Waals surface area (Å²) in [5.41, 5.74) is 3.46. The first-order chi connectivity index (χ1) is 20.0. The van der Waals surface area contributed by atoms with Gasteiger partial charge in [-0.05, 0) is 60.6 Å². The molecule has 5 N–H and O–H groups in total. The van der Waals surface area contributed by atoms with Crippen molar-refractivity contribution in [3.05, 3.63) is 59.9 Å². The fraction of sp³-hybridized carbons (Fsp3) is 0.429. The zero-order valence-corrected chi connectivity index (χ0v) is 25.1. The number of hydrogen-bond acceptors (Lipinski definition) is 7. The summed E-state index contributed by atoms with van der Waals surface area (Å²) < 4.78 is 40.4. The fourth-order valence-electron chi connectivity index (χ4n) is 5.98. The summed E-state index contributed by atoms with van der Waals surface area (Å²) >= 11 is 0. The third-order valence-electron chi connectivity index (χ3n) is 8.13. The van der Waals surface area contributed by atoms with Gasteiger partial charge >= 0.3 is 15.6 Å². The molecule has 0 aliphatic carbocycles. The molecular weight excluding hydrogens is 582 g/mol. The van der Waals surface area contributed by atoms with Crippen LogP contribution in [0.15, 0.2) is 48.8 Å². The number of fused-ring (bicyclic) bond motifs is 2. The van der Waals surface area contributed by atoms with Crippen molar-refractivity contribution in [3.8, 4) is 11.5 Å². The Hall–Kier alpha value is -2.66. The Kier molecular flexibility index (Phi) is 8.26. The van der Waals surface area contributed by atoms with Gasteiger partial charge in [0.1, 0.15) is 11.5 Å². The Bertz CT molecular complexity index is 1660. The molecule has 0 radical (unpaired) electrons. The van der Waals surface area contributed by atoms with Crippen LogP contribution in [-0.4, -0.2) is 79.8 Å². The number of aromatic nitrogens is 2. The molecule has 12 nitrogen and oxygen atoms in total. The topological polar surface area (TPSA) is 161 Å². The van der Waals surface area contributed by atoms with E-state index in [-0.39, 0.29) is 18.4 Å². The number of benzene rings is 2. The van der Waals surface area contributed by atoms with E-state index >= 15 is 0 Å². The number of nitrogens with zero attached hydrogens (tertiary/aromatic N) is 2. The predicted molar refractivity (Wildman–Crippen MR) is 159 cm³/mol. The van der Waals surface area contributed by atoms with E-state index in [2.05, 4.69) is 26.7 Å². The third-order valence-corrected chi connectivity index (χ3v) is 9.47. The lowest BCUT2D eigenvalue weighted by Gasteiger charge is -2.40. The Labute approximate surface area is 243 Å². The summed E-state index contributed by atoms with van der Waals surface area (Å²) in [6.45, 7) is 6.83. The van der Waals surface area contributed by atoms with Crippen LogP contribution in [0.1, 0.15) is 24.5 Å². The molecule has 4 heterocycles. The first-order valence-electron chi connectivity index (χ1n) is 14.1. The lowest BCUT2D eigenvalue weighted by Crippen LogP contribution is -2.50. The number of H-pyrrole nitrogens is 2. The van der Waals surface area contributed by atoms with Gasteiger partial charge < -0.3 is 23.9 Å². The minimum atomic E-state index is -4.71. The smallest absolute Gasteiger partial charge is 0.404 e. The molecule has 2 aromatic heterocycles. The highest BCUT2D eigenvalue weighted by Crippen LogP contribution is 2.47. The number of likely N-dealkylation sites (tertiary alicyclic amines) is 2. The molecule has 2 atom stereocenters. The van der Waals surface area contributed by atoms with Crippen LogP contribution in [0, 0.1) is 5.92 Å². The quantitative estimate of drug-likeness (QED) is 0.136. The largest absolute Gasteiger partial charge is 0.527 e. The molecule has 2 unspecified atom stereocenters. The van der Waals surface area contributed by atoms with Gasteiger partial charge in [-0.2, -0.15) is 0 Å². The van der Waals surface area contributed by atoms with Crippen LogP contribution in [0.5, 0.6) is 11.5 Å². The number of aromatic amines is 2. The summed E-state index contributed by atoms with van der Waals surface area (Å²) in [5.74, 6) is 1.17. The summed E-state index contributed by atoms with van der Waals surface area (Å²) in [5, 5.41) is 1.43. The second-order valence-electron chi connectivity index (χ2n) is 11.3. The van der Waals surface area contributed by atoms with Gasteiger partial charge in [0.25, 0.3) is 0 Å².